The van der Waals surface area contributed by atoms with E-state index in [1.807, 2.05) is 0 Å². The Kier molecular flexibility index (Phi) is 8.09. The zero-order chi connectivity index (χ0) is 27.4. The second-order valence-electron chi connectivity index (χ2n) is 9.26. The number of nitrogens with zero attached hydrogens (tertiary/aromatic N) is 2. The Balaban J connectivity index is 1.83. The lowest BCUT2D eigenvalue weighted by Gasteiger charge is -2.53. The monoisotopic (exact) mass is 541 g/mol. The van der Waals surface area contributed by atoms with Crippen molar-refractivity contribution in [3.05, 3.63) is 57.8 Å². The highest BCUT2D eigenvalue weighted by Crippen LogP contribution is 2.41. The highest BCUT2D eigenvalue weighted by Gasteiger charge is 2.60. The Morgan fingerprint density at radius 3 is 2.26 bits per heavy atom. The number of amides is 3. The molecule has 38 heavy (non-hydrogen) atoms. The number of hydrogen-bond acceptors (Lipinski definition) is 8. The highest BCUT2D eigenvalue weighted by atomic mass is 32.1. The molecule has 3 heterocycles. The third-order valence-corrected chi connectivity index (χ3v) is 7.76. The van der Waals surface area contributed by atoms with Gasteiger partial charge in [-0.1, -0.05) is 12.1 Å². The number of rotatable bonds is 9. The van der Waals surface area contributed by atoms with Gasteiger partial charge in [-0.15, -0.1) is 0 Å². The summed E-state index contributed by atoms with van der Waals surface area (Å²) in [5.41, 5.74) is 4.75. The molecule has 2 aromatic rings. The summed E-state index contributed by atoms with van der Waals surface area (Å²) in [4.78, 5) is 56.1. The van der Waals surface area contributed by atoms with Crippen LogP contribution in [0.4, 0.5) is 0 Å². The van der Waals surface area contributed by atoms with E-state index in [4.69, 9.17) is 11.1 Å². The Morgan fingerprint density at radius 2 is 1.71 bits per heavy atom. The van der Waals surface area contributed by atoms with Crippen molar-refractivity contribution >= 4 is 40.9 Å². The summed E-state index contributed by atoms with van der Waals surface area (Å²) < 4.78 is 0. The lowest BCUT2D eigenvalue weighted by Crippen LogP contribution is -2.75. The van der Waals surface area contributed by atoms with Crippen LogP contribution in [-0.2, 0) is 14.4 Å². The van der Waals surface area contributed by atoms with Crippen molar-refractivity contribution in [1.29, 1.82) is 5.41 Å². The third kappa shape index (κ3) is 4.99. The molecule has 2 aliphatic heterocycles. The van der Waals surface area contributed by atoms with Gasteiger partial charge in [0.2, 0.25) is 11.8 Å². The van der Waals surface area contributed by atoms with E-state index in [-0.39, 0.29) is 43.5 Å². The number of amidine groups is 1. The van der Waals surface area contributed by atoms with E-state index < -0.39 is 35.4 Å². The lowest BCUT2D eigenvalue weighted by molar-refractivity contribution is -0.172. The average molecular weight is 542 g/mol. The smallest absolute Gasteiger partial charge is 0.334 e. The molecule has 2 fully saturated rings. The Hall–Kier alpha value is -3.81. The van der Waals surface area contributed by atoms with Gasteiger partial charge < -0.3 is 36.6 Å². The first-order valence-electron chi connectivity index (χ1n) is 12.2. The maximum absolute atomic E-state index is 13.5. The molecule has 0 spiro atoms. The maximum atomic E-state index is 13.5. The Labute approximate surface area is 223 Å². The average Bonchev–Trinajstić information content (AvgIpc) is 3.42. The molecule has 7 N–H and O–H groups in total. The van der Waals surface area contributed by atoms with Crippen molar-refractivity contribution in [2.45, 2.75) is 24.5 Å². The van der Waals surface area contributed by atoms with Crippen LogP contribution < -0.4 is 21.7 Å². The molecule has 3 atom stereocenters. The molecule has 0 bridgehead atoms. The van der Waals surface area contributed by atoms with Crippen molar-refractivity contribution in [1.82, 2.24) is 25.8 Å². The molecular formula is C25H31N7O5S. The molecule has 12 nitrogen and oxygen atoms in total. The first-order valence-corrected chi connectivity index (χ1v) is 13.1. The number of carbonyl (C=O) groups is 4. The van der Waals surface area contributed by atoms with Gasteiger partial charge in [0.1, 0.15) is 5.84 Å². The van der Waals surface area contributed by atoms with E-state index in [9.17, 15) is 24.3 Å². The fourth-order valence-corrected chi connectivity index (χ4v) is 5.90. The van der Waals surface area contributed by atoms with Gasteiger partial charge in [0.25, 0.3) is 5.91 Å². The number of carboxylic acid groups (broad SMARTS) is 1. The van der Waals surface area contributed by atoms with Gasteiger partial charge in [-0.2, -0.15) is 11.3 Å². The molecule has 1 aromatic heterocycles. The first kappa shape index (κ1) is 27.2. The van der Waals surface area contributed by atoms with Gasteiger partial charge in [0, 0.05) is 37.3 Å². The van der Waals surface area contributed by atoms with E-state index in [2.05, 4.69) is 16.0 Å². The van der Waals surface area contributed by atoms with Crippen LogP contribution >= 0.6 is 11.3 Å². The number of aliphatic carboxylic acids is 1. The molecule has 202 valence electrons. The van der Waals surface area contributed by atoms with Crippen LogP contribution in [0.5, 0.6) is 0 Å². The number of nitrogens with one attached hydrogen (secondary N) is 4. The normalized spacial score (nSPS) is 19.4. The number of nitrogens with two attached hydrogens (primary N) is 1. The predicted octanol–water partition coefficient (Wildman–Crippen LogP) is -0.421. The zero-order valence-electron chi connectivity index (χ0n) is 20.9. The van der Waals surface area contributed by atoms with Gasteiger partial charge in [0.15, 0.2) is 5.54 Å². The van der Waals surface area contributed by atoms with Crippen LogP contribution in [0.2, 0.25) is 0 Å². The fourth-order valence-electron chi connectivity index (χ4n) is 5.22. The van der Waals surface area contributed by atoms with Gasteiger partial charge in [-0.25, -0.2) is 4.79 Å². The number of piperazine rings is 2. The van der Waals surface area contributed by atoms with Crippen molar-refractivity contribution < 1.29 is 24.3 Å². The maximum Gasteiger partial charge on any atom is 0.334 e. The summed E-state index contributed by atoms with van der Waals surface area (Å²) in [7, 11) is 0. The van der Waals surface area contributed by atoms with Gasteiger partial charge >= 0.3 is 5.97 Å². The molecule has 1 aromatic carbocycles. The minimum atomic E-state index is -2.01. The van der Waals surface area contributed by atoms with Crippen LogP contribution in [0.3, 0.4) is 0 Å². The summed E-state index contributed by atoms with van der Waals surface area (Å²) >= 11 is 1.36. The van der Waals surface area contributed by atoms with Gasteiger partial charge in [0.05, 0.1) is 25.2 Å². The second-order valence-corrected chi connectivity index (χ2v) is 10.0. The Bertz CT molecular complexity index is 1220. The summed E-state index contributed by atoms with van der Waals surface area (Å²) in [6.45, 7) is 2.67. The number of nitrogen functional groups attached to an aromatic ring is 1. The lowest BCUT2D eigenvalue weighted by atomic mass is 9.76. The molecule has 2 saturated heterocycles. The van der Waals surface area contributed by atoms with E-state index in [0.717, 1.165) is 0 Å². The first-order chi connectivity index (χ1) is 18.2. The topological polar surface area (TPSA) is 181 Å². The second kappa shape index (κ2) is 11.3. The SMILES string of the molecule is CC(NC(=O)c1ccc(C(=N)N)cc1)C(C(=O)O)(C(c1ccsc1)N1CCNCC1=O)N1CCNCC1=O. The van der Waals surface area contributed by atoms with Crippen LogP contribution in [0.15, 0.2) is 41.1 Å². The number of carboxylic acids is 1. The number of carbonyl (C=O) groups excluding carboxylic acids is 3. The molecule has 4 rings (SSSR count). The minimum Gasteiger partial charge on any atom is -0.479 e. The third-order valence-electron chi connectivity index (χ3n) is 7.06. The predicted molar refractivity (Wildman–Crippen MR) is 141 cm³/mol. The van der Waals surface area contributed by atoms with Crippen LogP contribution in [0.25, 0.3) is 0 Å². The van der Waals surface area contributed by atoms with E-state index in [1.54, 1.807) is 23.8 Å². The minimum absolute atomic E-state index is 0.0368. The van der Waals surface area contributed by atoms with E-state index in [1.165, 1.54) is 45.4 Å². The fraction of sp³-hybridized carbons (Fsp3) is 0.400. The highest BCUT2D eigenvalue weighted by molar-refractivity contribution is 7.08. The molecule has 3 amide bonds. The summed E-state index contributed by atoms with van der Waals surface area (Å²) in [6.07, 6.45) is 0. The van der Waals surface area contributed by atoms with Crippen molar-refractivity contribution in [2.24, 2.45) is 5.73 Å². The largest absolute Gasteiger partial charge is 0.479 e. The summed E-state index contributed by atoms with van der Waals surface area (Å²) in [5, 5.41) is 30.9. The number of benzene rings is 1. The van der Waals surface area contributed by atoms with E-state index >= 15 is 0 Å². The van der Waals surface area contributed by atoms with Gasteiger partial charge in [-0.3, -0.25) is 19.8 Å². The molecule has 0 radical (unpaired) electrons. The van der Waals surface area contributed by atoms with Crippen molar-refractivity contribution in [3.63, 3.8) is 0 Å². The zero-order valence-corrected chi connectivity index (χ0v) is 21.7. The van der Waals surface area contributed by atoms with Crippen LogP contribution in [0.1, 0.15) is 34.5 Å². The molecule has 0 saturated carbocycles. The molecule has 13 heteroatoms. The standard InChI is InChI=1S/C25H31N7O5S/c1-15(30-23(35)17-4-2-16(3-5-17)22(26)27)25(24(36)37,32-10-8-29-13-20(32)34)21(18-6-11-38-14-18)31-9-7-28-12-19(31)33/h2-6,11,14-15,21,28-29H,7-10,12-13H2,1H3,(H3,26,27)(H,30,35)(H,36,37). The van der Waals surface area contributed by atoms with Gasteiger partial charge in [-0.05, 0) is 41.4 Å². The summed E-state index contributed by atoms with van der Waals surface area (Å²) in [5.74, 6) is -2.76. The van der Waals surface area contributed by atoms with Crippen LogP contribution in [-0.4, -0.2) is 95.3 Å². The molecule has 0 aliphatic carbocycles. The summed E-state index contributed by atoms with van der Waals surface area (Å²) in [6, 6.07) is 5.62. The number of hydrogen-bond donors (Lipinski definition) is 6. The van der Waals surface area contributed by atoms with E-state index in [0.29, 0.717) is 24.2 Å². The Morgan fingerprint density at radius 1 is 1.08 bits per heavy atom. The number of thiophene rings is 1. The van der Waals surface area contributed by atoms with Crippen LogP contribution in [0, 0.1) is 5.41 Å². The molecule has 3 unspecified atom stereocenters. The van der Waals surface area contributed by atoms with Crippen molar-refractivity contribution in [2.75, 3.05) is 39.3 Å². The molecule has 2 aliphatic rings. The molecular weight excluding hydrogens is 510 g/mol. The van der Waals surface area contributed by atoms with Crippen molar-refractivity contribution in [3.8, 4) is 0 Å². The quantitative estimate of drug-likeness (QED) is 0.183.